The first-order valence-electron chi connectivity index (χ1n) is 3.78. The molecule has 0 aromatic carbocycles. The second-order valence-corrected chi connectivity index (χ2v) is 2.56. The van der Waals surface area contributed by atoms with Crippen LogP contribution >= 0.6 is 12.4 Å². The van der Waals surface area contributed by atoms with Gasteiger partial charge < -0.3 is 0 Å². The van der Waals surface area contributed by atoms with Gasteiger partial charge in [0.1, 0.15) is 0 Å². The standard InChI is InChI=1S/C9H14.ClH.Zr/c1-2-3-6-9-7-4-5-8-9;;/h4-5,7H,2-3,6,8H2,1H3;1H;. The van der Waals surface area contributed by atoms with Crippen LogP contribution in [0.5, 0.6) is 0 Å². The molecule has 0 bridgehead atoms. The Kier molecular flexibility index (Phi) is 11.3. The van der Waals surface area contributed by atoms with Gasteiger partial charge in [-0.3, -0.25) is 0 Å². The van der Waals surface area contributed by atoms with Crippen molar-refractivity contribution < 1.29 is 26.2 Å². The zero-order chi connectivity index (χ0) is 6.53. The first-order chi connectivity index (χ1) is 4.43. The monoisotopic (exact) mass is 248 g/mol. The quantitative estimate of drug-likeness (QED) is 0.719. The number of unbranched alkanes of at least 4 members (excludes halogenated alkanes) is 1. The van der Waals surface area contributed by atoms with Crippen LogP contribution in [-0.2, 0) is 26.2 Å². The third-order valence-electron chi connectivity index (χ3n) is 1.70. The molecule has 1 aliphatic rings. The summed E-state index contributed by atoms with van der Waals surface area (Å²) in [5.41, 5.74) is 1.61. The number of hydrogen-bond acceptors (Lipinski definition) is 0. The van der Waals surface area contributed by atoms with Gasteiger partial charge in [-0.15, -0.1) is 12.4 Å². The zero-order valence-electron chi connectivity index (χ0n) is 6.97. The third-order valence-corrected chi connectivity index (χ3v) is 1.70. The molecule has 0 fully saturated rings. The first kappa shape index (κ1) is 14.2. The molecule has 2 heteroatoms. The molecule has 0 unspecified atom stereocenters. The van der Waals surface area contributed by atoms with Crippen molar-refractivity contribution in [3.8, 4) is 0 Å². The Morgan fingerprint density at radius 1 is 1.45 bits per heavy atom. The summed E-state index contributed by atoms with van der Waals surface area (Å²) >= 11 is 0. The normalized spacial score (nSPS) is 13.4. The molecule has 0 radical (unpaired) electrons. The molecular formula is C9H15ClZr. The largest absolute Gasteiger partial charge is 0.147 e. The van der Waals surface area contributed by atoms with Crippen molar-refractivity contribution in [1.29, 1.82) is 0 Å². The Labute approximate surface area is 94.7 Å². The predicted octanol–water partition coefficient (Wildman–Crippen LogP) is 3.48. The van der Waals surface area contributed by atoms with Crippen LogP contribution < -0.4 is 0 Å². The first-order valence-corrected chi connectivity index (χ1v) is 3.78. The third kappa shape index (κ3) is 5.87. The van der Waals surface area contributed by atoms with Crippen LogP contribution in [-0.4, -0.2) is 0 Å². The minimum atomic E-state index is 0. The Morgan fingerprint density at radius 3 is 2.64 bits per heavy atom. The fraction of sp³-hybridized carbons (Fsp3) is 0.556. The Hall–Kier alpha value is 0.653. The van der Waals surface area contributed by atoms with E-state index in [9.17, 15) is 0 Å². The van der Waals surface area contributed by atoms with Crippen molar-refractivity contribution in [3.05, 3.63) is 23.8 Å². The molecule has 0 heterocycles. The topological polar surface area (TPSA) is 0 Å². The molecule has 1 aliphatic carbocycles. The molecule has 0 aromatic heterocycles. The van der Waals surface area contributed by atoms with Gasteiger partial charge in [0, 0.05) is 26.2 Å². The van der Waals surface area contributed by atoms with Crippen molar-refractivity contribution in [1.82, 2.24) is 0 Å². The van der Waals surface area contributed by atoms with Gasteiger partial charge >= 0.3 is 0 Å². The molecule has 0 aliphatic heterocycles. The molecular weight excluding hydrogens is 235 g/mol. The average molecular weight is 250 g/mol. The summed E-state index contributed by atoms with van der Waals surface area (Å²) in [6.45, 7) is 2.24. The van der Waals surface area contributed by atoms with Crippen molar-refractivity contribution in [2.45, 2.75) is 32.6 Å². The van der Waals surface area contributed by atoms with Crippen LogP contribution in [0.2, 0.25) is 0 Å². The van der Waals surface area contributed by atoms with Crippen molar-refractivity contribution in [3.63, 3.8) is 0 Å². The molecule has 0 amide bonds. The molecule has 62 valence electrons. The van der Waals surface area contributed by atoms with E-state index in [0.717, 1.165) is 0 Å². The smallest absolute Gasteiger partial charge is 0 e. The predicted molar refractivity (Wildman–Crippen MR) is 48.6 cm³/mol. The molecule has 11 heavy (non-hydrogen) atoms. The van der Waals surface area contributed by atoms with E-state index in [-0.39, 0.29) is 38.6 Å². The van der Waals surface area contributed by atoms with Crippen LogP contribution in [0.3, 0.4) is 0 Å². The second-order valence-electron chi connectivity index (χ2n) is 2.56. The number of allylic oxidation sites excluding steroid dienone is 4. The summed E-state index contributed by atoms with van der Waals surface area (Å²) in [4.78, 5) is 0. The van der Waals surface area contributed by atoms with Gasteiger partial charge in [-0.2, -0.15) is 0 Å². The van der Waals surface area contributed by atoms with Crippen LogP contribution in [0.15, 0.2) is 23.8 Å². The van der Waals surface area contributed by atoms with Gasteiger partial charge in [0.05, 0.1) is 0 Å². The number of rotatable bonds is 3. The fourth-order valence-corrected chi connectivity index (χ4v) is 1.08. The van der Waals surface area contributed by atoms with E-state index in [1.54, 1.807) is 5.57 Å². The van der Waals surface area contributed by atoms with Gasteiger partial charge in [-0.25, -0.2) is 0 Å². The minimum Gasteiger partial charge on any atom is -0.147 e. The maximum absolute atomic E-state index is 2.25. The van der Waals surface area contributed by atoms with Crippen molar-refractivity contribution in [2.24, 2.45) is 0 Å². The Bertz CT molecular complexity index is 138. The van der Waals surface area contributed by atoms with Crippen LogP contribution in [0, 0.1) is 0 Å². The molecule has 0 atom stereocenters. The van der Waals surface area contributed by atoms with Gasteiger partial charge in [0.2, 0.25) is 0 Å². The van der Waals surface area contributed by atoms with E-state index in [2.05, 4.69) is 25.2 Å². The van der Waals surface area contributed by atoms with Gasteiger partial charge in [0.15, 0.2) is 0 Å². The molecule has 0 N–H and O–H groups in total. The van der Waals surface area contributed by atoms with Crippen molar-refractivity contribution >= 4 is 12.4 Å². The summed E-state index contributed by atoms with van der Waals surface area (Å²) < 4.78 is 0. The summed E-state index contributed by atoms with van der Waals surface area (Å²) in [6, 6.07) is 0. The van der Waals surface area contributed by atoms with Crippen molar-refractivity contribution in [2.75, 3.05) is 0 Å². The van der Waals surface area contributed by atoms with Crippen LogP contribution in [0.25, 0.3) is 0 Å². The van der Waals surface area contributed by atoms with E-state index in [1.807, 2.05) is 0 Å². The Morgan fingerprint density at radius 2 is 2.18 bits per heavy atom. The van der Waals surface area contributed by atoms with E-state index < -0.39 is 0 Å². The number of halogens is 1. The van der Waals surface area contributed by atoms with Gasteiger partial charge in [-0.1, -0.05) is 37.1 Å². The number of hydrogen-bond donors (Lipinski definition) is 0. The second kappa shape index (κ2) is 8.75. The molecule has 0 saturated carbocycles. The SMILES string of the molecule is CCCCC1=CC=CC1.Cl.[Zr]. The van der Waals surface area contributed by atoms with Crippen LogP contribution in [0.4, 0.5) is 0 Å². The molecule has 0 spiro atoms. The van der Waals surface area contributed by atoms with E-state index in [1.165, 1.54) is 25.7 Å². The van der Waals surface area contributed by atoms with E-state index in [4.69, 9.17) is 0 Å². The molecule has 0 aromatic rings. The molecule has 0 nitrogen and oxygen atoms in total. The fourth-order valence-electron chi connectivity index (χ4n) is 1.08. The summed E-state index contributed by atoms with van der Waals surface area (Å²) in [7, 11) is 0. The maximum atomic E-state index is 2.25. The maximum Gasteiger partial charge on any atom is 0 e. The Balaban J connectivity index is 0. The molecule has 1 rings (SSSR count). The summed E-state index contributed by atoms with van der Waals surface area (Å²) in [5.74, 6) is 0. The van der Waals surface area contributed by atoms with Gasteiger partial charge in [0.25, 0.3) is 0 Å². The average Bonchev–Trinajstić information content (AvgIpc) is 2.34. The minimum absolute atomic E-state index is 0. The van der Waals surface area contributed by atoms with E-state index in [0.29, 0.717) is 0 Å². The summed E-state index contributed by atoms with van der Waals surface area (Å²) in [5, 5.41) is 0. The molecule has 0 saturated heterocycles. The van der Waals surface area contributed by atoms with Gasteiger partial charge in [-0.05, 0) is 19.3 Å². The van der Waals surface area contributed by atoms with E-state index >= 15 is 0 Å². The zero-order valence-corrected chi connectivity index (χ0v) is 10.2. The summed E-state index contributed by atoms with van der Waals surface area (Å²) in [6.07, 6.45) is 11.8. The van der Waals surface area contributed by atoms with Crippen LogP contribution in [0.1, 0.15) is 32.6 Å².